The van der Waals surface area contributed by atoms with Gasteiger partial charge in [-0.3, -0.25) is 4.98 Å². The molecule has 0 saturated carbocycles. The molecule has 0 aliphatic heterocycles. The Morgan fingerprint density at radius 1 is 1.53 bits per heavy atom. The topological polar surface area (TPSA) is 74.3 Å². The summed E-state index contributed by atoms with van der Waals surface area (Å²) in [7, 11) is 0.0355. The molecule has 0 spiro atoms. The minimum atomic E-state index is -3.38. The number of hydrogen-bond acceptors (Lipinski definition) is 5. The van der Waals surface area contributed by atoms with Gasteiger partial charge in [-0.05, 0) is 20.0 Å². The zero-order valence-corrected chi connectivity index (χ0v) is 11.6. The van der Waals surface area contributed by atoms with Gasteiger partial charge < -0.3 is 5.32 Å². The van der Waals surface area contributed by atoms with E-state index in [1.165, 1.54) is 15.6 Å². The van der Waals surface area contributed by atoms with Crippen molar-refractivity contribution in [3.05, 3.63) is 16.6 Å². The van der Waals surface area contributed by atoms with Crippen molar-refractivity contribution < 1.29 is 8.42 Å². The predicted molar refractivity (Wildman–Crippen MR) is 69.0 cm³/mol. The normalized spacial score (nSPS) is 12.2. The summed E-state index contributed by atoms with van der Waals surface area (Å²) in [6.07, 6.45) is 2.45. The molecule has 0 aliphatic rings. The van der Waals surface area contributed by atoms with E-state index in [1.54, 1.807) is 18.8 Å². The van der Waals surface area contributed by atoms with Crippen LogP contribution in [0, 0.1) is 0 Å². The van der Waals surface area contributed by atoms with Gasteiger partial charge in [0.05, 0.1) is 5.51 Å². The Kier molecular flexibility index (Phi) is 6.00. The van der Waals surface area contributed by atoms with Gasteiger partial charge in [0, 0.05) is 31.2 Å². The van der Waals surface area contributed by atoms with Crippen LogP contribution in [-0.2, 0) is 16.8 Å². The lowest BCUT2D eigenvalue weighted by Crippen LogP contribution is -2.38. The Hall–Kier alpha value is -0.540. The van der Waals surface area contributed by atoms with Gasteiger partial charge in [0.25, 0.3) is 10.2 Å². The molecule has 0 atom stereocenters. The summed E-state index contributed by atoms with van der Waals surface area (Å²) < 4.78 is 27.5. The molecule has 1 aromatic rings. The summed E-state index contributed by atoms with van der Waals surface area (Å²) in [6.45, 7) is 1.59. The summed E-state index contributed by atoms with van der Waals surface area (Å²) in [5.74, 6) is 0. The first-order valence-corrected chi connectivity index (χ1v) is 7.61. The highest BCUT2D eigenvalue weighted by atomic mass is 32.2. The SMILES string of the molecule is CNCCCN(C)S(=O)(=O)NCc1cncs1. The van der Waals surface area contributed by atoms with E-state index in [0.29, 0.717) is 13.1 Å². The molecule has 0 bridgehead atoms. The summed E-state index contributed by atoms with van der Waals surface area (Å²) in [4.78, 5) is 4.79. The first-order chi connectivity index (χ1) is 8.06. The van der Waals surface area contributed by atoms with Crippen LogP contribution < -0.4 is 10.0 Å². The average Bonchev–Trinajstić information content (AvgIpc) is 2.79. The maximum Gasteiger partial charge on any atom is 0.279 e. The molecule has 6 nitrogen and oxygen atoms in total. The molecular formula is C9H18N4O2S2. The van der Waals surface area contributed by atoms with E-state index in [2.05, 4.69) is 15.0 Å². The standard InChI is InChI=1S/C9H18N4O2S2/c1-10-4-3-5-13(2)17(14,15)12-7-9-6-11-8-16-9/h6,8,10,12H,3-5,7H2,1-2H3. The largest absolute Gasteiger partial charge is 0.320 e. The molecule has 1 rings (SSSR count). The summed E-state index contributed by atoms with van der Waals surface area (Å²) in [6, 6.07) is 0. The third-order valence-electron chi connectivity index (χ3n) is 2.22. The van der Waals surface area contributed by atoms with Crippen molar-refractivity contribution in [2.45, 2.75) is 13.0 Å². The van der Waals surface area contributed by atoms with Gasteiger partial charge >= 0.3 is 0 Å². The number of aromatic nitrogens is 1. The molecule has 0 unspecified atom stereocenters. The molecule has 1 heterocycles. The zero-order valence-electron chi connectivity index (χ0n) is 10.0. The van der Waals surface area contributed by atoms with Crippen molar-refractivity contribution in [3.63, 3.8) is 0 Å². The van der Waals surface area contributed by atoms with Crippen molar-refractivity contribution in [1.82, 2.24) is 19.3 Å². The second-order valence-electron chi connectivity index (χ2n) is 3.57. The van der Waals surface area contributed by atoms with E-state index in [0.717, 1.165) is 17.8 Å². The van der Waals surface area contributed by atoms with Crippen molar-refractivity contribution in [2.24, 2.45) is 0 Å². The lowest BCUT2D eigenvalue weighted by atomic mass is 10.4. The van der Waals surface area contributed by atoms with Crippen LogP contribution in [0.5, 0.6) is 0 Å². The minimum Gasteiger partial charge on any atom is -0.320 e. The molecule has 1 aromatic heterocycles. The van der Waals surface area contributed by atoms with Crippen LogP contribution in [0.1, 0.15) is 11.3 Å². The molecule has 8 heteroatoms. The van der Waals surface area contributed by atoms with Gasteiger partial charge in [0.1, 0.15) is 0 Å². The number of nitrogens with one attached hydrogen (secondary N) is 2. The average molecular weight is 278 g/mol. The van der Waals surface area contributed by atoms with Gasteiger partial charge in [0.2, 0.25) is 0 Å². The molecule has 0 aliphatic carbocycles. The summed E-state index contributed by atoms with van der Waals surface area (Å²) >= 11 is 1.43. The number of thiazole rings is 1. The van der Waals surface area contributed by atoms with Gasteiger partial charge in [0.15, 0.2) is 0 Å². The van der Waals surface area contributed by atoms with Crippen molar-refractivity contribution >= 4 is 21.5 Å². The molecule has 0 radical (unpaired) electrons. The van der Waals surface area contributed by atoms with E-state index in [1.807, 2.05) is 7.05 Å². The highest BCUT2D eigenvalue weighted by Gasteiger charge is 2.16. The van der Waals surface area contributed by atoms with E-state index < -0.39 is 10.2 Å². The Labute approximate surface area is 106 Å². The predicted octanol–water partition coefficient (Wildman–Crippen LogP) is 0.0188. The molecule has 0 amide bonds. The minimum absolute atomic E-state index is 0.295. The van der Waals surface area contributed by atoms with E-state index in [9.17, 15) is 8.42 Å². The van der Waals surface area contributed by atoms with Gasteiger partial charge in [-0.1, -0.05) is 0 Å². The lowest BCUT2D eigenvalue weighted by molar-refractivity contribution is 0.448. The Morgan fingerprint density at radius 2 is 2.29 bits per heavy atom. The third-order valence-corrected chi connectivity index (χ3v) is 4.51. The molecule has 0 aromatic carbocycles. The van der Waals surface area contributed by atoms with Crippen molar-refractivity contribution in [1.29, 1.82) is 0 Å². The second-order valence-corrected chi connectivity index (χ2v) is 6.41. The highest BCUT2D eigenvalue weighted by Crippen LogP contribution is 2.06. The Morgan fingerprint density at radius 3 is 2.88 bits per heavy atom. The second kappa shape index (κ2) is 7.02. The van der Waals surface area contributed by atoms with Gasteiger partial charge in [-0.15, -0.1) is 11.3 Å². The molecule has 0 saturated heterocycles. The quantitative estimate of drug-likeness (QED) is 0.657. The molecule has 2 N–H and O–H groups in total. The van der Waals surface area contributed by atoms with Crippen LogP contribution in [0.25, 0.3) is 0 Å². The fraction of sp³-hybridized carbons (Fsp3) is 0.667. The van der Waals surface area contributed by atoms with Gasteiger partial charge in [-0.2, -0.15) is 17.4 Å². The van der Waals surface area contributed by atoms with Crippen LogP contribution in [0.2, 0.25) is 0 Å². The monoisotopic (exact) mass is 278 g/mol. The maximum absolute atomic E-state index is 11.8. The fourth-order valence-electron chi connectivity index (χ4n) is 1.20. The Balaban J connectivity index is 2.39. The highest BCUT2D eigenvalue weighted by molar-refractivity contribution is 7.87. The number of hydrogen-bond donors (Lipinski definition) is 2. The third kappa shape index (κ3) is 5.09. The number of nitrogens with zero attached hydrogens (tertiary/aromatic N) is 2. The smallest absolute Gasteiger partial charge is 0.279 e. The van der Waals surface area contributed by atoms with Crippen LogP contribution in [0.3, 0.4) is 0 Å². The molecule has 98 valence electrons. The summed E-state index contributed by atoms with van der Waals surface area (Å²) in [5, 5.41) is 2.98. The van der Waals surface area contributed by atoms with E-state index in [4.69, 9.17) is 0 Å². The van der Waals surface area contributed by atoms with Crippen LogP contribution >= 0.6 is 11.3 Å². The fourth-order valence-corrected chi connectivity index (χ4v) is 2.75. The first kappa shape index (κ1) is 14.5. The van der Waals surface area contributed by atoms with E-state index in [-0.39, 0.29) is 0 Å². The molecule has 17 heavy (non-hydrogen) atoms. The Bertz CT molecular complexity index is 405. The number of rotatable bonds is 8. The van der Waals surface area contributed by atoms with Crippen LogP contribution in [0.4, 0.5) is 0 Å². The maximum atomic E-state index is 11.8. The first-order valence-electron chi connectivity index (χ1n) is 5.29. The zero-order chi connectivity index (χ0) is 12.7. The van der Waals surface area contributed by atoms with Crippen LogP contribution in [0.15, 0.2) is 11.7 Å². The molecular weight excluding hydrogens is 260 g/mol. The molecule has 0 fully saturated rings. The van der Waals surface area contributed by atoms with Gasteiger partial charge in [-0.25, -0.2) is 0 Å². The lowest BCUT2D eigenvalue weighted by Gasteiger charge is -2.17. The van der Waals surface area contributed by atoms with Crippen molar-refractivity contribution in [3.8, 4) is 0 Å². The van der Waals surface area contributed by atoms with Crippen molar-refractivity contribution in [2.75, 3.05) is 27.2 Å². The van der Waals surface area contributed by atoms with E-state index >= 15 is 0 Å². The summed E-state index contributed by atoms with van der Waals surface area (Å²) in [5.41, 5.74) is 1.68. The van der Waals surface area contributed by atoms with Crippen LogP contribution in [-0.4, -0.2) is 44.9 Å².